The third kappa shape index (κ3) is 3.52. The number of aliphatic hydroxyl groups is 1. The first-order chi connectivity index (χ1) is 7.19. The highest BCUT2D eigenvalue weighted by Crippen LogP contribution is 2.30. The van der Waals surface area contributed by atoms with Crippen LogP contribution in [0.3, 0.4) is 0 Å². The van der Waals surface area contributed by atoms with E-state index >= 15 is 0 Å². The van der Waals surface area contributed by atoms with E-state index in [2.05, 4.69) is 0 Å². The molecule has 1 atom stereocenters. The topological polar surface area (TPSA) is 37.3 Å². The van der Waals surface area contributed by atoms with Gasteiger partial charge >= 0.3 is 0 Å². The Morgan fingerprint density at radius 1 is 1.60 bits per heavy atom. The summed E-state index contributed by atoms with van der Waals surface area (Å²) in [4.78, 5) is 11.7. The average Bonchev–Trinajstić information content (AvgIpc) is 2.18. The van der Waals surface area contributed by atoms with E-state index in [1.165, 1.54) is 0 Å². The largest absolute Gasteiger partial charge is 0.396 e. The van der Waals surface area contributed by atoms with Crippen molar-refractivity contribution in [3.8, 4) is 0 Å². The van der Waals surface area contributed by atoms with E-state index in [-0.39, 0.29) is 11.9 Å². The highest BCUT2D eigenvalue weighted by molar-refractivity contribution is 8.00. The summed E-state index contributed by atoms with van der Waals surface area (Å²) in [7, 11) is 0. The third-order valence-corrected chi connectivity index (χ3v) is 3.57. The Bertz CT molecular complexity index is 341. The molecule has 0 amide bonds. The van der Waals surface area contributed by atoms with Crippen LogP contribution in [-0.4, -0.2) is 23.2 Å². The molecule has 4 heteroatoms. The van der Waals surface area contributed by atoms with Gasteiger partial charge < -0.3 is 5.11 Å². The van der Waals surface area contributed by atoms with Gasteiger partial charge in [0, 0.05) is 22.3 Å². The fourth-order valence-electron chi connectivity index (χ4n) is 1.19. The molecule has 2 nitrogen and oxygen atoms in total. The summed E-state index contributed by atoms with van der Waals surface area (Å²) in [5.41, 5.74) is 0.536. The maximum atomic E-state index is 10.8. The third-order valence-electron chi connectivity index (χ3n) is 1.99. The Morgan fingerprint density at radius 3 is 2.93 bits per heavy atom. The van der Waals surface area contributed by atoms with Crippen LogP contribution in [0.4, 0.5) is 0 Å². The molecule has 0 fully saturated rings. The van der Waals surface area contributed by atoms with Gasteiger partial charge in [0.25, 0.3) is 0 Å². The molecule has 0 aliphatic carbocycles. The van der Waals surface area contributed by atoms with Gasteiger partial charge in [-0.15, -0.1) is 11.8 Å². The number of hydrogen-bond acceptors (Lipinski definition) is 3. The molecule has 1 aromatic carbocycles. The van der Waals surface area contributed by atoms with Gasteiger partial charge in [-0.2, -0.15) is 0 Å². The lowest BCUT2D eigenvalue weighted by atomic mass is 10.2. The van der Waals surface area contributed by atoms with Crippen molar-refractivity contribution < 1.29 is 9.90 Å². The van der Waals surface area contributed by atoms with Crippen molar-refractivity contribution in [2.24, 2.45) is 0 Å². The number of thioether (sulfide) groups is 1. The molecular formula is C11H13ClO2S. The smallest absolute Gasteiger partial charge is 0.152 e. The number of aldehydes is 1. The molecule has 0 aromatic heterocycles. The van der Waals surface area contributed by atoms with E-state index in [0.29, 0.717) is 17.0 Å². The van der Waals surface area contributed by atoms with E-state index in [0.717, 1.165) is 11.2 Å². The van der Waals surface area contributed by atoms with Gasteiger partial charge in [0.05, 0.1) is 5.02 Å². The van der Waals surface area contributed by atoms with Gasteiger partial charge in [-0.3, -0.25) is 4.79 Å². The van der Waals surface area contributed by atoms with Gasteiger partial charge in [0.2, 0.25) is 0 Å². The molecule has 1 N–H and O–H groups in total. The molecule has 0 saturated heterocycles. The minimum absolute atomic E-state index is 0.158. The van der Waals surface area contributed by atoms with Crippen molar-refractivity contribution in [3.05, 3.63) is 28.8 Å². The van der Waals surface area contributed by atoms with Crippen LogP contribution in [0.15, 0.2) is 23.1 Å². The molecule has 15 heavy (non-hydrogen) atoms. The molecule has 0 spiro atoms. The first-order valence-electron chi connectivity index (χ1n) is 4.70. The quantitative estimate of drug-likeness (QED) is 0.639. The SMILES string of the molecule is CC(CCO)Sc1cccc(Cl)c1C=O. The van der Waals surface area contributed by atoms with Crippen molar-refractivity contribution in [2.75, 3.05) is 6.61 Å². The van der Waals surface area contributed by atoms with Crippen molar-refractivity contribution in [1.82, 2.24) is 0 Å². The Morgan fingerprint density at radius 2 is 2.33 bits per heavy atom. The first kappa shape index (κ1) is 12.6. The molecular weight excluding hydrogens is 232 g/mol. The van der Waals surface area contributed by atoms with Crippen LogP contribution in [0.2, 0.25) is 5.02 Å². The molecule has 82 valence electrons. The second-order valence-electron chi connectivity index (χ2n) is 3.21. The Balaban J connectivity index is 2.84. The summed E-state index contributed by atoms with van der Waals surface area (Å²) in [6, 6.07) is 5.39. The number of rotatable bonds is 5. The lowest BCUT2D eigenvalue weighted by molar-refractivity contribution is 0.112. The maximum absolute atomic E-state index is 10.8. The molecule has 1 aromatic rings. The highest BCUT2D eigenvalue weighted by atomic mass is 35.5. The Labute approximate surface area is 98.6 Å². The van der Waals surface area contributed by atoms with E-state index in [1.54, 1.807) is 17.8 Å². The number of carbonyl (C=O) groups excluding carboxylic acids is 1. The van der Waals surface area contributed by atoms with Gasteiger partial charge in [-0.25, -0.2) is 0 Å². The minimum Gasteiger partial charge on any atom is -0.396 e. The lowest BCUT2D eigenvalue weighted by Gasteiger charge is -2.11. The highest BCUT2D eigenvalue weighted by Gasteiger charge is 2.10. The molecule has 0 aliphatic heterocycles. The van der Waals surface area contributed by atoms with Crippen molar-refractivity contribution >= 4 is 29.6 Å². The average molecular weight is 245 g/mol. The maximum Gasteiger partial charge on any atom is 0.152 e. The molecule has 0 saturated carbocycles. The van der Waals surface area contributed by atoms with Crippen molar-refractivity contribution in [1.29, 1.82) is 0 Å². The second kappa shape index (κ2) is 6.16. The summed E-state index contributed by atoms with van der Waals surface area (Å²) in [6.45, 7) is 2.17. The zero-order valence-corrected chi connectivity index (χ0v) is 10.0. The van der Waals surface area contributed by atoms with Crippen LogP contribution >= 0.6 is 23.4 Å². The molecule has 0 radical (unpaired) electrons. The van der Waals surface area contributed by atoms with E-state index in [9.17, 15) is 4.79 Å². The van der Waals surface area contributed by atoms with Crippen molar-refractivity contribution in [3.63, 3.8) is 0 Å². The number of benzene rings is 1. The molecule has 0 heterocycles. The zero-order valence-electron chi connectivity index (χ0n) is 8.44. The van der Waals surface area contributed by atoms with E-state index in [1.807, 2.05) is 19.1 Å². The van der Waals surface area contributed by atoms with Crippen LogP contribution in [0.5, 0.6) is 0 Å². The first-order valence-corrected chi connectivity index (χ1v) is 5.96. The Hall–Kier alpha value is -0.510. The van der Waals surface area contributed by atoms with Gasteiger partial charge in [0.15, 0.2) is 6.29 Å². The van der Waals surface area contributed by atoms with E-state index in [4.69, 9.17) is 16.7 Å². The molecule has 1 rings (SSSR count). The molecule has 1 unspecified atom stereocenters. The zero-order chi connectivity index (χ0) is 11.3. The Kier molecular flexibility index (Phi) is 5.15. The fourth-order valence-corrected chi connectivity index (χ4v) is 2.57. The van der Waals surface area contributed by atoms with Gasteiger partial charge in [-0.1, -0.05) is 24.6 Å². The van der Waals surface area contributed by atoms with Crippen LogP contribution < -0.4 is 0 Å². The summed E-state index contributed by atoms with van der Waals surface area (Å²) < 4.78 is 0. The fraction of sp³-hybridized carbons (Fsp3) is 0.364. The number of halogens is 1. The van der Waals surface area contributed by atoms with Crippen molar-refractivity contribution in [2.45, 2.75) is 23.5 Å². The van der Waals surface area contributed by atoms with Gasteiger partial charge in [-0.05, 0) is 18.6 Å². The standard InChI is InChI=1S/C11H13ClO2S/c1-8(5-6-13)15-11-4-2-3-10(12)9(11)7-14/h2-4,7-8,13H,5-6H2,1H3. The minimum atomic E-state index is 0.158. The summed E-state index contributed by atoms with van der Waals surface area (Å²) in [5, 5.41) is 9.54. The summed E-state index contributed by atoms with van der Waals surface area (Å²) in [6.07, 6.45) is 1.48. The number of aliphatic hydroxyl groups excluding tert-OH is 1. The summed E-state index contributed by atoms with van der Waals surface area (Å²) in [5.74, 6) is 0. The second-order valence-corrected chi connectivity index (χ2v) is 5.10. The predicted octanol–water partition coefficient (Wildman–Crippen LogP) is 3.02. The van der Waals surface area contributed by atoms with Crippen LogP contribution in [0.1, 0.15) is 23.7 Å². The number of hydrogen-bond donors (Lipinski definition) is 1. The number of carbonyl (C=O) groups is 1. The van der Waals surface area contributed by atoms with Gasteiger partial charge in [0.1, 0.15) is 0 Å². The predicted molar refractivity (Wildman–Crippen MR) is 63.9 cm³/mol. The van der Waals surface area contributed by atoms with Crippen LogP contribution in [0, 0.1) is 0 Å². The lowest BCUT2D eigenvalue weighted by Crippen LogP contribution is -2.00. The van der Waals surface area contributed by atoms with Crippen LogP contribution in [0.25, 0.3) is 0 Å². The monoisotopic (exact) mass is 244 g/mol. The van der Waals surface area contributed by atoms with E-state index < -0.39 is 0 Å². The van der Waals surface area contributed by atoms with Crippen LogP contribution in [-0.2, 0) is 0 Å². The summed E-state index contributed by atoms with van der Waals surface area (Å²) >= 11 is 7.45. The molecule has 0 aliphatic rings. The normalized spacial score (nSPS) is 12.5. The molecule has 0 bridgehead atoms.